The molecule has 0 aromatic heterocycles. The van der Waals surface area contributed by atoms with Gasteiger partial charge in [0.15, 0.2) is 0 Å². The van der Waals surface area contributed by atoms with Crippen LogP contribution < -0.4 is 5.32 Å². The standard InChI is InChI=1S/C19H21NO2S/c1-3-22-18(21)13-17(15-7-5-4-6-8-15)20-19(23)16-11-9-14(2)10-12-16/h4-12,17H,3,13H2,1-2H3,(H,20,23). The lowest BCUT2D eigenvalue weighted by Gasteiger charge is -2.20. The van der Waals surface area contributed by atoms with Crippen molar-refractivity contribution in [3.8, 4) is 0 Å². The summed E-state index contributed by atoms with van der Waals surface area (Å²) in [7, 11) is 0. The number of benzene rings is 2. The molecule has 0 radical (unpaired) electrons. The average Bonchev–Trinajstić information content (AvgIpc) is 2.56. The van der Waals surface area contributed by atoms with Crippen LogP contribution in [-0.4, -0.2) is 17.6 Å². The van der Waals surface area contributed by atoms with Gasteiger partial charge in [-0.1, -0.05) is 72.4 Å². The summed E-state index contributed by atoms with van der Waals surface area (Å²) in [6.07, 6.45) is 0.240. The average molecular weight is 327 g/mol. The number of hydrogen-bond donors (Lipinski definition) is 1. The predicted octanol–water partition coefficient (Wildman–Crippen LogP) is 3.95. The van der Waals surface area contributed by atoms with Crippen molar-refractivity contribution >= 4 is 23.2 Å². The molecule has 1 atom stereocenters. The van der Waals surface area contributed by atoms with Gasteiger partial charge in [-0.15, -0.1) is 0 Å². The van der Waals surface area contributed by atoms with E-state index in [1.807, 2.05) is 61.5 Å². The molecular formula is C19H21NO2S. The Hall–Kier alpha value is -2.20. The van der Waals surface area contributed by atoms with E-state index in [4.69, 9.17) is 17.0 Å². The summed E-state index contributed by atoms with van der Waals surface area (Å²) in [4.78, 5) is 12.5. The number of carbonyl (C=O) groups is 1. The quantitative estimate of drug-likeness (QED) is 0.644. The predicted molar refractivity (Wildman–Crippen MR) is 96.4 cm³/mol. The number of esters is 1. The third kappa shape index (κ3) is 5.18. The lowest BCUT2D eigenvalue weighted by Crippen LogP contribution is -2.30. The van der Waals surface area contributed by atoms with Crippen molar-refractivity contribution in [3.63, 3.8) is 0 Å². The van der Waals surface area contributed by atoms with E-state index < -0.39 is 0 Å². The zero-order chi connectivity index (χ0) is 16.7. The fourth-order valence-electron chi connectivity index (χ4n) is 2.27. The first-order valence-corrected chi connectivity index (χ1v) is 8.09. The van der Waals surface area contributed by atoms with Crippen LogP contribution in [0.3, 0.4) is 0 Å². The molecule has 2 aromatic carbocycles. The summed E-state index contributed by atoms with van der Waals surface area (Å²) in [5.41, 5.74) is 3.13. The molecule has 2 rings (SSSR count). The van der Waals surface area contributed by atoms with Gasteiger partial charge in [0.25, 0.3) is 0 Å². The SMILES string of the molecule is CCOC(=O)CC(NC(=S)c1ccc(C)cc1)c1ccccc1. The van der Waals surface area contributed by atoms with Crippen molar-refractivity contribution in [2.24, 2.45) is 0 Å². The zero-order valence-electron chi connectivity index (χ0n) is 13.4. The van der Waals surface area contributed by atoms with Crippen molar-refractivity contribution in [2.75, 3.05) is 6.61 Å². The van der Waals surface area contributed by atoms with Crippen LogP contribution in [0.1, 0.15) is 36.1 Å². The number of rotatable bonds is 6. The molecule has 120 valence electrons. The number of thiocarbonyl (C=S) groups is 1. The monoisotopic (exact) mass is 327 g/mol. The van der Waals surface area contributed by atoms with E-state index in [1.165, 1.54) is 5.56 Å². The third-order valence-electron chi connectivity index (χ3n) is 3.50. The molecular weight excluding hydrogens is 306 g/mol. The molecule has 2 aromatic rings. The van der Waals surface area contributed by atoms with Crippen LogP contribution in [0.25, 0.3) is 0 Å². The van der Waals surface area contributed by atoms with Gasteiger partial charge in [-0.3, -0.25) is 4.79 Å². The van der Waals surface area contributed by atoms with E-state index in [0.717, 1.165) is 11.1 Å². The maximum absolute atomic E-state index is 11.9. The van der Waals surface area contributed by atoms with Gasteiger partial charge in [0.05, 0.1) is 19.1 Å². The normalized spacial score (nSPS) is 11.6. The maximum Gasteiger partial charge on any atom is 0.308 e. The van der Waals surface area contributed by atoms with Crippen molar-refractivity contribution in [1.29, 1.82) is 0 Å². The van der Waals surface area contributed by atoms with Crippen LogP contribution in [0.15, 0.2) is 54.6 Å². The summed E-state index contributed by atoms with van der Waals surface area (Å²) < 4.78 is 5.07. The highest BCUT2D eigenvalue weighted by atomic mass is 32.1. The Morgan fingerprint density at radius 2 is 1.78 bits per heavy atom. The second-order valence-electron chi connectivity index (χ2n) is 5.31. The molecule has 1 N–H and O–H groups in total. The summed E-state index contributed by atoms with van der Waals surface area (Å²) in [5, 5.41) is 3.29. The highest BCUT2D eigenvalue weighted by Gasteiger charge is 2.18. The van der Waals surface area contributed by atoms with Crippen molar-refractivity contribution < 1.29 is 9.53 Å². The Morgan fingerprint density at radius 3 is 2.39 bits per heavy atom. The summed E-state index contributed by atoms with van der Waals surface area (Å²) >= 11 is 5.49. The van der Waals surface area contributed by atoms with Gasteiger partial charge in [-0.25, -0.2) is 0 Å². The second-order valence-corrected chi connectivity index (χ2v) is 5.72. The maximum atomic E-state index is 11.9. The molecule has 0 aliphatic heterocycles. The van der Waals surface area contributed by atoms with Crippen molar-refractivity contribution in [1.82, 2.24) is 5.32 Å². The molecule has 1 unspecified atom stereocenters. The van der Waals surface area contributed by atoms with E-state index in [1.54, 1.807) is 6.92 Å². The van der Waals surface area contributed by atoms with Gasteiger partial charge < -0.3 is 10.1 Å². The Labute approximate surface area is 142 Å². The van der Waals surface area contributed by atoms with Crippen LogP contribution in [0.5, 0.6) is 0 Å². The summed E-state index contributed by atoms with van der Waals surface area (Å²) in [5.74, 6) is -0.236. The molecule has 0 saturated heterocycles. The van der Waals surface area contributed by atoms with Gasteiger partial charge >= 0.3 is 5.97 Å². The molecule has 0 saturated carbocycles. The molecule has 0 aliphatic rings. The van der Waals surface area contributed by atoms with Gasteiger partial charge in [-0.05, 0) is 19.4 Å². The topological polar surface area (TPSA) is 38.3 Å². The number of hydrogen-bond acceptors (Lipinski definition) is 3. The van der Waals surface area contributed by atoms with Crippen LogP contribution in [0.4, 0.5) is 0 Å². The minimum Gasteiger partial charge on any atom is -0.466 e. The van der Waals surface area contributed by atoms with Crippen LogP contribution in [-0.2, 0) is 9.53 Å². The number of nitrogens with one attached hydrogen (secondary N) is 1. The fraction of sp³-hybridized carbons (Fsp3) is 0.263. The molecule has 0 bridgehead atoms. The Balaban J connectivity index is 2.15. The lowest BCUT2D eigenvalue weighted by atomic mass is 10.0. The van der Waals surface area contributed by atoms with E-state index in [-0.39, 0.29) is 18.4 Å². The van der Waals surface area contributed by atoms with Crippen LogP contribution in [0.2, 0.25) is 0 Å². The fourth-order valence-corrected chi connectivity index (χ4v) is 2.55. The molecule has 0 amide bonds. The first-order chi connectivity index (χ1) is 11.1. The molecule has 3 nitrogen and oxygen atoms in total. The highest BCUT2D eigenvalue weighted by molar-refractivity contribution is 7.80. The minimum absolute atomic E-state index is 0.205. The van der Waals surface area contributed by atoms with Crippen molar-refractivity contribution in [2.45, 2.75) is 26.3 Å². The molecule has 4 heteroatoms. The first kappa shape index (κ1) is 17.2. The summed E-state index contributed by atoms with van der Waals surface area (Å²) in [6, 6.07) is 17.6. The molecule has 0 heterocycles. The van der Waals surface area contributed by atoms with Crippen LogP contribution >= 0.6 is 12.2 Å². The molecule has 23 heavy (non-hydrogen) atoms. The van der Waals surface area contributed by atoms with Gasteiger partial charge in [0.1, 0.15) is 4.99 Å². The van der Waals surface area contributed by atoms with Crippen molar-refractivity contribution in [3.05, 3.63) is 71.3 Å². The lowest BCUT2D eigenvalue weighted by molar-refractivity contribution is -0.143. The number of aryl methyl sites for hydroxylation is 1. The van der Waals surface area contributed by atoms with E-state index in [2.05, 4.69) is 5.32 Å². The number of ether oxygens (including phenoxy) is 1. The smallest absolute Gasteiger partial charge is 0.308 e. The number of carbonyl (C=O) groups excluding carboxylic acids is 1. The first-order valence-electron chi connectivity index (χ1n) is 7.68. The Morgan fingerprint density at radius 1 is 1.13 bits per heavy atom. The van der Waals surface area contributed by atoms with E-state index in [0.29, 0.717) is 11.6 Å². The zero-order valence-corrected chi connectivity index (χ0v) is 14.2. The Bertz CT molecular complexity index is 653. The van der Waals surface area contributed by atoms with Crippen LogP contribution in [0, 0.1) is 6.92 Å². The van der Waals surface area contributed by atoms with Gasteiger partial charge in [0.2, 0.25) is 0 Å². The highest BCUT2D eigenvalue weighted by Crippen LogP contribution is 2.18. The largest absolute Gasteiger partial charge is 0.466 e. The second kappa shape index (κ2) is 8.44. The minimum atomic E-state index is -0.236. The van der Waals surface area contributed by atoms with E-state index in [9.17, 15) is 4.79 Å². The van der Waals surface area contributed by atoms with E-state index >= 15 is 0 Å². The summed E-state index contributed by atoms with van der Waals surface area (Å²) in [6.45, 7) is 4.22. The molecule has 0 aliphatic carbocycles. The molecule has 0 fully saturated rings. The molecule has 0 spiro atoms. The van der Waals surface area contributed by atoms with Gasteiger partial charge in [0, 0.05) is 5.56 Å². The van der Waals surface area contributed by atoms with Gasteiger partial charge in [-0.2, -0.15) is 0 Å². The Kier molecular flexibility index (Phi) is 6.29. The third-order valence-corrected chi connectivity index (χ3v) is 3.85.